The zero-order valence-electron chi connectivity index (χ0n) is 24.1. The van der Waals surface area contributed by atoms with Gasteiger partial charge in [-0.3, -0.25) is 0 Å². The molecular formula is C30H52O6. The largest absolute Gasteiger partial charge is 0.388 e. The molecule has 4 saturated heterocycles. The highest BCUT2D eigenvalue weighted by atomic mass is 16.6. The number of aliphatic hydroxyl groups is 2. The van der Waals surface area contributed by atoms with Crippen LogP contribution in [-0.4, -0.2) is 68.7 Å². The molecule has 6 heteroatoms. The minimum absolute atomic E-state index is 0.00210. The monoisotopic (exact) mass is 508 g/mol. The smallest absolute Gasteiger partial charge is 0.0921 e. The molecule has 4 aliphatic heterocycles. The third-order valence-electron chi connectivity index (χ3n) is 9.60. The van der Waals surface area contributed by atoms with Crippen molar-refractivity contribution in [2.24, 2.45) is 0 Å². The average Bonchev–Trinajstić information content (AvgIpc) is 3.26. The molecule has 0 saturated carbocycles. The second kappa shape index (κ2) is 9.91. The molecular weight excluding hydrogens is 456 g/mol. The van der Waals surface area contributed by atoms with Gasteiger partial charge in [-0.15, -0.1) is 0 Å². The van der Waals surface area contributed by atoms with E-state index in [2.05, 4.69) is 40.7 Å². The first-order valence-electron chi connectivity index (χ1n) is 14.3. The van der Waals surface area contributed by atoms with Gasteiger partial charge in [-0.2, -0.15) is 0 Å². The molecule has 4 rings (SSSR count). The van der Waals surface area contributed by atoms with Crippen molar-refractivity contribution in [1.29, 1.82) is 0 Å². The Kier molecular flexibility index (Phi) is 7.85. The summed E-state index contributed by atoms with van der Waals surface area (Å²) >= 11 is 0. The first-order chi connectivity index (χ1) is 16.5. The highest BCUT2D eigenvalue weighted by Crippen LogP contribution is 2.48. The van der Waals surface area contributed by atoms with Gasteiger partial charge in [-0.1, -0.05) is 11.6 Å². The fourth-order valence-corrected chi connectivity index (χ4v) is 6.64. The van der Waals surface area contributed by atoms with Crippen LogP contribution in [0.5, 0.6) is 0 Å². The second-order valence-electron chi connectivity index (χ2n) is 14.0. The minimum atomic E-state index is -0.859. The van der Waals surface area contributed by atoms with Gasteiger partial charge in [-0.05, 0) is 120 Å². The summed E-state index contributed by atoms with van der Waals surface area (Å²) in [6, 6.07) is 0. The Hall–Kier alpha value is -0.500. The molecule has 36 heavy (non-hydrogen) atoms. The Morgan fingerprint density at radius 1 is 0.861 bits per heavy atom. The van der Waals surface area contributed by atoms with E-state index in [0.29, 0.717) is 12.5 Å². The standard InChI is InChI=1S/C30H52O6/c1-20(11-12-22-27(4,5)34-22)10-9-17-28(6,32)23-13-14-24(33-23)29(7)19-16-25(36-29)30(8)18-15-21(35-30)26(2,3)31/h10,21-25,31-32H,9,11-19H2,1-8H3/b20-10+/t21-,22+,23-,24-,25-,28+,29+,30+/m1/s1. The Morgan fingerprint density at radius 3 is 2.11 bits per heavy atom. The van der Waals surface area contributed by atoms with E-state index < -0.39 is 11.2 Å². The van der Waals surface area contributed by atoms with Crippen LogP contribution in [-0.2, 0) is 18.9 Å². The molecule has 0 aromatic heterocycles. The van der Waals surface area contributed by atoms with Crippen LogP contribution in [0.25, 0.3) is 0 Å². The summed E-state index contributed by atoms with van der Waals surface area (Å²) in [5.74, 6) is 0. The minimum Gasteiger partial charge on any atom is -0.388 e. The second-order valence-corrected chi connectivity index (χ2v) is 14.0. The zero-order chi connectivity index (χ0) is 26.6. The van der Waals surface area contributed by atoms with Gasteiger partial charge in [0.05, 0.1) is 58.5 Å². The summed E-state index contributed by atoms with van der Waals surface area (Å²) in [5, 5.41) is 21.7. The van der Waals surface area contributed by atoms with Gasteiger partial charge in [0.1, 0.15) is 0 Å². The summed E-state index contributed by atoms with van der Waals surface area (Å²) < 4.78 is 25.3. The van der Waals surface area contributed by atoms with E-state index in [1.54, 1.807) is 0 Å². The van der Waals surface area contributed by atoms with Crippen molar-refractivity contribution in [2.75, 3.05) is 0 Å². The van der Waals surface area contributed by atoms with Crippen LogP contribution in [0, 0.1) is 0 Å². The van der Waals surface area contributed by atoms with Gasteiger partial charge in [0.2, 0.25) is 0 Å². The molecule has 6 nitrogen and oxygen atoms in total. The highest BCUT2D eigenvalue weighted by molar-refractivity contribution is 5.06. The number of hydrogen-bond donors (Lipinski definition) is 2. The molecule has 0 amide bonds. The van der Waals surface area contributed by atoms with E-state index in [4.69, 9.17) is 18.9 Å². The molecule has 0 bridgehead atoms. The third-order valence-corrected chi connectivity index (χ3v) is 9.60. The predicted molar refractivity (Wildman–Crippen MR) is 141 cm³/mol. The lowest BCUT2D eigenvalue weighted by molar-refractivity contribution is -0.201. The Labute approximate surface area is 219 Å². The van der Waals surface area contributed by atoms with Crippen molar-refractivity contribution in [1.82, 2.24) is 0 Å². The van der Waals surface area contributed by atoms with Crippen molar-refractivity contribution in [3.63, 3.8) is 0 Å². The van der Waals surface area contributed by atoms with Gasteiger partial charge < -0.3 is 29.2 Å². The lowest BCUT2D eigenvalue weighted by Gasteiger charge is -2.38. The van der Waals surface area contributed by atoms with Crippen LogP contribution in [0.2, 0.25) is 0 Å². The Morgan fingerprint density at radius 2 is 1.50 bits per heavy atom. The molecule has 4 heterocycles. The van der Waals surface area contributed by atoms with E-state index in [1.807, 2.05) is 20.8 Å². The normalized spacial score (nSPS) is 42.6. The van der Waals surface area contributed by atoms with Gasteiger partial charge in [-0.25, -0.2) is 0 Å². The molecule has 4 aliphatic rings. The fraction of sp³-hybridized carbons (Fsp3) is 0.933. The summed E-state index contributed by atoms with van der Waals surface area (Å²) in [5.41, 5.74) is -1.03. The van der Waals surface area contributed by atoms with Crippen molar-refractivity contribution >= 4 is 0 Å². The Balaban J connectivity index is 1.25. The highest BCUT2D eigenvalue weighted by Gasteiger charge is 2.55. The average molecular weight is 509 g/mol. The summed E-state index contributed by atoms with van der Waals surface area (Å²) in [7, 11) is 0. The van der Waals surface area contributed by atoms with Crippen molar-refractivity contribution in [3.8, 4) is 0 Å². The molecule has 8 atom stereocenters. The van der Waals surface area contributed by atoms with E-state index in [9.17, 15) is 10.2 Å². The van der Waals surface area contributed by atoms with E-state index in [-0.39, 0.29) is 41.2 Å². The molecule has 0 spiro atoms. The molecule has 208 valence electrons. The summed E-state index contributed by atoms with van der Waals surface area (Å²) in [6.45, 7) is 16.3. The van der Waals surface area contributed by atoms with Gasteiger partial charge >= 0.3 is 0 Å². The number of rotatable bonds is 10. The van der Waals surface area contributed by atoms with E-state index in [1.165, 1.54) is 5.57 Å². The maximum Gasteiger partial charge on any atom is 0.0921 e. The van der Waals surface area contributed by atoms with E-state index >= 15 is 0 Å². The molecule has 0 aromatic rings. The van der Waals surface area contributed by atoms with E-state index in [0.717, 1.165) is 57.8 Å². The van der Waals surface area contributed by atoms with Gasteiger partial charge in [0.25, 0.3) is 0 Å². The number of hydrogen-bond acceptors (Lipinski definition) is 6. The third kappa shape index (κ3) is 6.21. The Bertz CT molecular complexity index is 813. The first kappa shape index (κ1) is 28.5. The first-order valence-corrected chi connectivity index (χ1v) is 14.3. The quantitative estimate of drug-likeness (QED) is 0.295. The van der Waals surface area contributed by atoms with Crippen molar-refractivity contribution < 1.29 is 29.2 Å². The molecule has 0 radical (unpaired) electrons. The lowest BCUT2D eigenvalue weighted by Crippen LogP contribution is -2.47. The topological polar surface area (TPSA) is 80.7 Å². The van der Waals surface area contributed by atoms with Crippen molar-refractivity contribution in [2.45, 2.75) is 178 Å². The van der Waals surface area contributed by atoms with Crippen LogP contribution in [0.4, 0.5) is 0 Å². The predicted octanol–water partition coefficient (Wildman–Crippen LogP) is 5.62. The number of epoxide rings is 1. The number of ether oxygens (including phenoxy) is 4. The van der Waals surface area contributed by atoms with Crippen LogP contribution in [0.3, 0.4) is 0 Å². The lowest BCUT2D eigenvalue weighted by atomic mass is 9.89. The van der Waals surface area contributed by atoms with Gasteiger partial charge in [0, 0.05) is 0 Å². The van der Waals surface area contributed by atoms with Gasteiger partial charge in [0.15, 0.2) is 0 Å². The molecule has 0 aliphatic carbocycles. The molecule has 2 N–H and O–H groups in total. The van der Waals surface area contributed by atoms with Crippen molar-refractivity contribution in [3.05, 3.63) is 11.6 Å². The fourth-order valence-electron chi connectivity index (χ4n) is 6.64. The summed E-state index contributed by atoms with van der Waals surface area (Å²) in [4.78, 5) is 0. The van der Waals surface area contributed by atoms with Crippen LogP contribution in [0.15, 0.2) is 11.6 Å². The molecule has 4 fully saturated rings. The SMILES string of the molecule is C/C(=C\CC[C@](C)(O)[C@H]1CC[C@H]([C@]2(C)CC[C@H]([C@]3(C)CC[C@H](C(C)(C)O)O3)O2)O1)CC[C@@H]1OC1(C)C. The van der Waals surface area contributed by atoms with Crippen LogP contribution < -0.4 is 0 Å². The molecule has 0 aromatic carbocycles. The maximum absolute atomic E-state index is 11.3. The maximum atomic E-state index is 11.3. The number of allylic oxidation sites excluding steroid dienone is 2. The zero-order valence-corrected chi connectivity index (χ0v) is 24.1. The van der Waals surface area contributed by atoms with Crippen LogP contribution >= 0.6 is 0 Å². The van der Waals surface area contributed by atoms with Crippen LogP contribution in [0.1, 0.15) is 120 Å². The summed E-state index contributed by atoms with van der Waals surface area (Å²) in [6.07, 6.45) is 11.3. The molecule has 0 unspecified atom stereocenters.